The first-order valence-corrected chi connectivity index (χ1v) is 4.47. The molecule has 1 aromatic carbocycles. The van der Waals surface area contributed by atoms with Gasteiger partial charge in [0.15, 0.2) is 0 Å². The van der Waals surface area contributed by atoms with Crippen LogP contribution in [0.4, 0.5) is 4.39 Å². The van der Waals surface area contributed by atoms with Crippen LogP contribution in [0.2, 0.25) is 0 Å². The third-order valence-corrected chi connectivity index (χ3v) is 2.98. The van der Waals surface area contributed by atoms with Crippen molar-refractivity contribution < 1.29 is 4.39 Å². The second-order valence-electron chi connectivity index (χ2n) is 3.89. The Balaban J connectivity index is 2.39. The van der Waals surface area contributed by atoms with Crippen molar-refractivity contribution in [2.45, 2.75) is 31.6 Å². The fourth-order valence-corrected chi connectivity index (χ4v) is 1.93. The standard InChI is InChI=1S/C11H13F/c1-11(7-4-8-11)9-5-2-3-6-10(9)12/h2-3,5-6H,4,7-8H2,1H3. The Morgan fingerprint density at radius 3 is 2.42 bits per heavy atom. The van der Waals surface area contributed by atoms with Crippen LogP contribution in [-0.2, 0) is 5.41 Å². The molecule has 12 heavy (non-hydrogen) atoms. The Bertz CT molecular complexity index is 287. The maximum atomic E-state index is 13.3. The Labute approximate surface area is 72.4 Å². The SMILES string of the molecule is CC1(c2ccccc2F)CCC1. The summed E-state index contributed by atoms with van der Waals surface area (Å²) < 4.78 is 13.3. The first kappa shape index (κ1) is 7.78. The van der Waals surface area contributed by atoms with E-state index < -0.39 is 0 Å². The maximum absolute atomic E-state index is 13.3. The molecule has 2 rings (SSSR count). The topological polar surface area (TPSA) is 0 Å². The second kappa shape index (κ2) is 2.58. The van der Waals surface area contributed by atoms with Gasteiger partial charge in [-0.05, 0) is 29.9 Å². The van der Waals surface area contributed by atoms with Gasteiger partial charge in [0.25, 0.3) is 0 Å². The van der Waals surface area contributed by atoms with Crippen LogP contribution in [-0.4, -0.2) is 0 Å². The predicted molar refractivity (Wildman–Crippen MR) is 47.6 cm³/mol. The lowest BCUT2D eigenvalue weighted by Gasteiger charge is -2.39. The van der Waals surface area contributed by atoms with E-state index in [4.69, 9.17) is 0 Å². The van der Waals surface area contributed by atoms with E-state index in [9.17, 15) is 4.39 Å². The van der Waals surface area contributed by atoms with Crippen LogP contribution in [0.1, 0.15) is 31.7 Å². The van der Waals surface area contributed by atoms with Crippen LogP contribution in [0.25, 0.3) is 0 Å². The van der Waals surface area contributed by atoms with Gasteiger partial charge in [0.2, 0.25) is 0 Å². The highest BCUT2D eigenvalue weighted by Crippen LogP contribution is 2.43. The summed E-state index contributed by atoms with van der Waals surface area (Å²) in [6.07, 6.45) is 3.51. The van der Waals surface area contributed by atoms with E-state index in [1.54, 1.807) is 12.1 Å². The van der Waals surface area contributed by atoms with E-state index in [-0.39, 0.29) is 11.2 Å². The molecule has 0 amide bonds. The largest absolute Gasteiger partial charge is 0.207 e. The Morgan fingerprint density at radius 1 is 1.25 bits per heavy atom. The van der Waals surface area contributed by atoms with Crippen molar-refractivity contribution in [3.05, 3.63) is 35.6 Å². The highest BCUT2D eigenvalue weighted by atomic mass is 19.1. The maximum Gasteiger partial charge on any atom is 0.126 e. The average molecular weight is 164 g/mol. The van der Waals surface area contributed by atoms with Gasteiger partial charge in [0.1, 0.15) is 5.82 Å². The lowest BCUT2D eigenvalue weighted by atomic mass is 9.66. The monoisotopic (exact) mass is 164 g/mol. The normalized spacial score (nSPS) is 20.2. The molecule has 1 aliphatic rings. The molecule has 1 heteroatoms. The molecule has 64 valence electrons. The van der Waals surface area contributed by atoms with E-state index in [0.717, 1.165) is 18.4 Å². The fourth-order valence-electron chi connectivity index (χ4n) is 1.93. The Morgan fingerprint density at radius 2 is 1.92 bits per heavy atom. The van der Waals surface area contributed by atoms with Crippen molar-refractivity contribution in [3.63, 3.8) is 0 Å². The summed E-state index contributed by atoms with van der Waals surface area (Å²) in [5.41, 5.74) is 1.03. The molecule has 0 bridgehead atoms. The van der Waals surface area contributed by atoms with Gasteiger partial charge in [-0.15, -0.1) is 0 Å². The molecular formula is C11H13F. The third kappa shape index (κ3) is 1.04. The summed E-state index contributed by atoms with van der Waals surface area (Å²) in [4.78, 5) is 0. The number of hydrogen-bond acceptors (Lipinski definition) is 0. The van der Waals surface area contributed by atoms with E-state index in [2.05, 4.69) is 6.92 Å². The Hall–Kier alpha value is -0.850. The van der Waals surface area contributed by atoms with Gasteiger partial charge in [-0.25, -0.2) is 4.39 Å². The van der Waals surface area contributed by atoms with Crippen molar-refractivity contribution >= 4 is 0 Å². The average Bonchev–Trinajstić information content (AvgIpc) is 2.01. The van der Waals surface area contributed by atoms with Gasteiger partial charge in [-0.1, -0.05) is 31.5 Å². The molecular weight excluding hydrogens is 151 g/mol. The minimum Gasteiger partial charge on any atom is -0.207 e. The van der Waals surface area contributed by atoms with Crippen molar-refractivity contribution in [1.29, 1.82) is 0 Å². The summed E-state index contributed by atoms with van der Waals surface area (Å²) >= 11 is 0. The predicted octanol–water partition coefficient (Wildman–Crippen LogP) is 3.27. The van der Waals surface area contributed by atoms with E-state index in [1.807, 2.05) is 12.1 Å². The number of halogens is 1. The van der Waals surface area contributed by atoms with E-state index in [0.29, 0.717) is 0 Å². The van der Waals surface area contributed by atoms with Crippen LogP contribution in [0, 0.1) is 5.82 Å². The molecule has 1 aromatic rings. The van der Waals surface area contributed by atoms with E-state index >= 15 is 0 Å². The van der Waals surface area contributed by atoms with Gasteiger partial charge in [0.05, 0.1) is 0 Å². The third-order valence-electron chi connectivity index (χ3n) is 2.98. The molecule has 1 fully saturated rings. The molecule has 0 atom stereocenters. The van der Waals surface area contributed by atoms with Gasteiger partial charge in [-0.3, -0.25) is 0 Å². The summed E-state index contributed by atoms with van der Waals surface area (Å²) in [6.45, 7) is 2.15. The smallest absolute Gasteiger partial charge is 0.126 e. The van der Waals surface area contributed by atoms with Crippen molar-refractivity contribution in [3.8, 4) is 0 Å². The quantitative estimate of drug-likeness (QED) is 0.597. The van der Waals surface area contributed by atoms with Gasteiger partial charge < -0.3 is 0 Å². The first-order valence-electron chi connectivity index (χ1n) is 4.47. The highest BCUT2D eigenvalue weighted by Gasteiger charge is 2.35. The van der Waals surface area contributed by atoms with Crippen molar-refractivity contribution in [2.75, 3.05) is 0 Å². The van der Waals surface area contributed by atoms with Gasteiger partial charge in [-0.2, -0.15) is 0 Å². The fraction of sp³-hybridized carbons (Fsp3) is 0.455. The molecule has 0 heterocycles. The number of hydrogen-bond donors (Lipinski definition) is 0. The van der Waals surface area contributed by atoms with Gasteiger partial charge in [0, 0.05) is 0 Å². The molecule has 0 aromatic heterocycles. The minimum absolute atomic E-state index is 0.0419. The number of rotatable bonds is 1. The summed E-state index contributed by atoms with van der Waals surface area (Å²) in [5.74, 6) is -0.0419. The van der Waals surface area contributed by atoms with Crippen LogP contribution >= 0.6 is 0 Å². The molecule has 0 unspecified atom stereocenters. The molecule has 0 N–H and O–H groups in total. The van der Waals surface area contributed by atoms with Crippen molar-refractivity contribution in [2.24, 2.45) is 0 Å². The zero-order chi connectivity index (χ0) is 8.60. The van der Waals surface area contributed by atoms with E-state index in [1.165, 1.54) is 6.42 Å². The molecule has 0 aliphatic heterocycles. The lowest BCUT2D eigenvalue weighted by Crippen LogP contribution is -2.31. The zero-order valence-electron chi connectivity index (χ0n) is 7.31. The molecule has 1 saturated carbocycles. The van der Waals surface area contributed by atoms with Crippen molar-refractivity contribution in [1.82, 2.24) is 0 Å². The lowest BCUT2D eigenvalue weighted by molar-refractivity contribution is 0.263. The first-order chi connectivity index (χ1) is 5.72. The van der Waals surface area contributed by atoms with Crippen LogP contribution in [0.15, 0.2) is 24.3 Å². The highest BCUT2D eigenvalue weighted by molar-refractivity contribution is 5.28. The summed E-state index contributed by atoms with van der Waals surface area (Å²) in [7, 11) is 0. The van der Waals surface area contributed by atoms with Crippen LogP contribution in [0.3, 0.4) is 0 Å². The molecule has 0 radical (unpaired) electrons. The zero-order valence-corrected chi connectivity index (χ0v) is 7.31. The van der Waals surface area contributed by atoms with Crippen LogP contribution in [0.5, 0.6) is 0 Å². The summed E-state index contributed by atoms with van der Waals surface area (Å²) in [6, 6.07) is 7.14. The molecule has 0 nitrogen and oxygen atoms in total. The molecule has 1 aliphatic carbocycles. The molecule has 0 spiro atoms. The summed E-state index contributed by atoms with van der Waals surface area (Å²) in [5, 5.41) is 0. The Kier molecular flexibility index (Phi) is 1.67. The van der Waals surface area contributed by atoms with Crippen LogP contribution < -0.4 is 0 Å². The van der Waals surface area contributed by atoms with Gasteiger partial charge >= 0.3 is 0 Å². The number of benzene rings is 1. The second-order valence-corrected chi connectivity index (χ2v) is 3.89. The minimum atomic E-state index is -0.0419. The molecule has 0 saturated heterocycles.